The van der Waals surface area contributed by atoms with Crippen LogP contribution in [0.15, 0.2) is 51.7 Å². The zero-order valence-corrected chi connectivity index (χ0v) is 15.2. The van der Waals surface area contributed by atoms with E-state index < -0.39 is 16.6 Å². The van der Waals surface area contributed by atoms with Crippen molar-refractivity contribution < 1.29 is 18.9 Å². The number of nitro groups is 1. The number of oxazole rings is 1. The summed E-state index contributed by atoms with van der Waals surface area (Å²) in [7, 11) is 0. The first kappa shape index (κ1) is 18.4. The highest BCUT2D eigenvalue weighted by Crippen LogP contribution is 2.29. The molecule has 0 atom stereocenters. The Balaban J connectivity index is 1.59. The highest BCUT2D eigenvalue weighted by atomic mass is 16.6. The Bertz CT molecular complexity index is 1190. The molecule has 0 saturated carbocycles. The minimum atomic E-state index is -0.793. The molecular weight excluding hydrogens is 380 g/mol. The Morgan fingerprint density at radius 3 is 2.72 bits per heavy atom. The molecule has 1 aliphatic rings. The van der Waals surface area contributed by atoms with Gasteiger partial charge in [0.1, 0.15) is 6.54 Å². The molecule has 1 fully saturated rings. The zero-order valence-electron chi connectivity index (χ0n) is 15.2. The number of nitrogens with one attached hydrogen (secondary N) is 1. The molecule has 0 aliphatic carbocycles. The lowest BCUT2D eigenvalue weighted by molar-refractivity contribution is -0.384. The van der Waals surface area contributed by atoms with Crippen molar-refractivity contribution in [3.8, 4) is 0 Å². The molecule has 2 aromatic carbocycles. The van der Waals surface area contributed by atoms with Crippen LogP contribution in [-0.2, 0) is 16.1 Å². The number of carbonyl (C=O) groups excluding carboxylic acids is 2. The lowest BCUT2D eigenvalue weighted by atomic mass is 10.2. The van der Waals surface area contributed by atoms with Gasteiger partial charge in [-0.1, -0.05) is 12.1 Å². The lowest BCUT2D eigenvalue weighted by Gasteiger charge is -2.20. The van der Waals surface area contributed by atoms with E-state index in [-0.39, 0.29) is 29.2 Å². The first-order valence-electron chi connectivity index (χ1n) is 8.91. The van der Waals surface area contributed by atoms with E-state index in [1.165, 1.54) is 12.1 Å². The van der Waals surface area contributed by atoms with E-state index in [1.807, 2.05) is 0 Å². The molecule has 1 aliphatic heterocycles. The second-order valence-electron chi connectivity index (χ2n) is 6.58. The van der Waals surface area contributed by atoms with Gasteiger partial charge in [-0.3, -0.25) is 24.3 Å². The Kier molecular flexibility index (Phi) is 4.59. The third-order valence-electron chi connectivity index (χ3n) is 4.71. The summed E-state index contributed by atoms with van der Waals surface area (Å²) in [5, 5.41) is 13.6. The second kappa shape index (κ2) is 7.23. The summed E-state index contributed by atoms with van der Waals surface area (Å²) in [5.41, 5.74) is 1.15. The summed E-state index contributed by atoms with van der Waals surface area (Å²) in [6, 6.07) is 10.7. The molecule has 10 heteroatoms. The van der Waals surface area contributed by atoms with E-state index in [1.54, 1.807) is 29.2 Å². The number of nitro benzene ring substituents is 1. The number of non-ortho nitro benzene ring substituents is 1. The fraction of sp³-hybridized carbons (Fsp3) is 0.211. The van der Waals surface area contributed by atoms with Crippen LogP contribution < -0.4 is 16.0 Å². The molecule has 1 N–H and O–H groups in total. The molecule has 0 spiro atoms. The fourth-order valence-electron chi connectivity index (χ4n) is 3.37. The Labute approximate surface area is 163 Å². The van der Waals surface area contributed by atoms with Gasteiger partial charge in [-0.05, 0) is 24.6 Å². The van der Waals surface area contributed by atoms with Crippen LogP contribution in [0.4, 0.5) is 17.1 Å². The van der Waals surface area contributed by atoms with Crippen LogP contribution in [0.5, 0.6) is 0 Å². The molecular formula is C19H16N4O6. The number of hydrogen-bond acceptors (Lipinski definition) is 6. The molecule has 29 heavy (non-hydrogen) atoms. The van der Waals surface area contributed by atoms with E-state index in [2.05, 4.69) is 5.32 Å². The summed E-state index contributed by atoms with van der Waals surface area (Å²) in [5.74, 6) is -1.30. The van der Waals surface area contributed by atoms with Crippen LogP contribution in [0.25, 0.3) is 11.1 Å². The van der Waals surface area contributed by atoms with Gasteiger partial charge in [-0.2, -0.15) is 0 Å². The molecule has 1 aromatic heterocycles. The largest absolute Gasteiger partial charge is 0.420 e. The first-order valence-corrected chi connectivity index (χ1v) is 8.91. The van der Waals surface area contributed by atoms with Gasteiger partial charge >= 0.3 is 5.76 Å². The van der Waals surface area contributed by atoms with Gasteiger partial charge in [0, 0.05) is 19.0 Å². The van der Waals surface area contributed by atoms with Crippen molar-refractivity contribution in [3.63, 3.8) is 0 Å². The maximum atomic E-state index is 12.6. The predicted molar refractivity (Wildman–Crippen MR) is 104 cm³/mol. The van der Waals surface area contributed by atoms with Crippen LogP contribution in [0.1, 0.15) is 12.8 Å². The van der Waals surface area contributed by atoms with Gasteiger partial charge in [0.15, 0.2) is 5.58 Å². The number of nitrogens with zero attached hydrogens (tertiary/aromatic N) is 3. The highest BCUT2D eigenvalue weighted by Gasteiger charge is 2.24. The summed E-state index contributed by atoms with van der Waals surface area (Å²) in [6.45, 7) is 0.238. The first-order chi connectivity index (χ1) is 13.9. The maximum absolute atomic E-state index is 12.6. The van der Waals surface area contributed by atoms with Gasteiger partial charge in [-0.15, -0.1) is 0 Å². The SMILES string of the molecule is O=C(Cn1c(=O)oc2cc([N+](=O)[O-])ccc21)Nc1ccccc1N1CCCC1=O. The number of fused-ring (bicyclic) bond motifs is 1. The monoisotopic (exact) mass is 396 g/mol. The van der Waals surface area contributed by atoms with Crippen molar-refractivity contribution in [2.75, 3.05) is 16.8 Å². The third kappa shape index (κ3) is 3.47. The summed E-state index contributed by atoms with van der Waals surface area (Å²) in [4.78, 5) is 48.6. The summed E-state index contributed by atoms with van der Waals surface area (Å²) >= 11 is 0. The number of anilines is 2. The molecule has 2 heterocycles. The topological polar surface area (TPSA) is 128 Å². The number of amides is 2. The van der Waals surface area contributed by atoms with E-state index in [9.17, 15) is 24.5 Å². The molecule has 2 amide bonds. The number of para-hydroxylation sites is 2. The Morgan fingerprint density at radius 2 is 2.00 bits per heavy atom. The maximum Gasteiger partial charge on any atom is 0.420 e. The average molecular weight is 396 g/mol. The van der Waals surface area contributed by atoms with E-state index in [0.717, 1.165) is 17.1 Å². The Hall–Kier alpha value is -3.95. The van der Waals surface area contributed by atoms with Crippen LogP contribution in [0, 0.1) is 10.1 Å². The lowest BCUT2D eigenvalue weighted by Crippen LogP contribution is -2.28. The van der Waals surface area contributed by atoms with Crippen LogP contribution in [0.2, 0.25) is 0 Å². The van der Waals surface area contributed by atoms with Crippen LogP contribution >= 0.6 is 0 Å². The van der Waals surface area contributed by atoms with Crippen molar-refractivity contribution in [3.05, 3.63) is 63.1 Å². The van der Waals surface area contributed by atoms with E-state index in [4.69, 9.17) is 4.42 Å². The smallest absolute Gasteiger partial charge is 0.407 e. The third-order valence-corrected chi connectivity index (χ3v) is 4.71. The van der Waals surface area contributed by atoms with Crippen molar-refractivity contribution in [2.24, 2.45) is 0 Å². The molecule has 0 radical (unpaired) electrons. The normalized spacial score (nSPS) is 13.8. The second-order valence-corrected chi connectivity index (χ2v) is 6.58. The number of benzene rings is 2. The molecule has 4 rings (SSSR count). The van der Waals surface area contributed by atoms with Gasteiger partial charge in [-0.25, -0.2) is 4.79 Å². The van der Waals surface area contributed by atoms with Gasteiger partial charge < -0.3 is 14.6 Å². The van der Waals surface area contributed by atoms with Crippen molar-refractivity contribution in [2.45, 2.75) is 19.4 Å². The summed E-state index contributed by atoms with van der Waals surface area (Å²) < 4.78 is 6.13. The molecule has 148 valence electrons. The van der Waals surface area contributed by atoms with Gasteiger partial charge in [0.25, 0.3) is 5.69 Å². The van der Waals surface area contributed by atoms with E-state index in [0.29, 0.717) is 24.3 Å². The molecule has 0 unspecified atom stereocenters. The number of aromatic nitrogens is 1. The average Bonchev–Trinajstić information content (AvgIpc) is 3.25. The van der Waals surface area contributed by atoms with Crippen LogP contribution in [-0.4, -0.2) is 27.8 Å². The zero-order chi connectivity index (χ0) is 20.5. The molecule has 3 aromatic rings. The molecule has 10 nitrogen and oxygen atoms in total. The van der Waals surface area contributed by atoms with Crippen LogP contribution in [0.3, 0.4) is 0 Å². The fourth-order valence-corrected chi connectivity index (χ4v) is 3.37. The van der Waals surface area contributed by atoms with Gasteiger partial charge in [0.2, 0.25) is 11.8 Å². The van der Waals surface area contributed by atoms with Crippen molar-refractivity contribution in [1.82, 2.24) is 4.57 Å². The highest BCUT2D eigenvalue weighted by molar-refractivity contribution is 6.02. The quantitative estimate of drug-likeness (QED) is 0.520. The number of carbonyl (C=O) groups is 2. The minimum absolute atomic E-state index is 0.00894. The van der Waals surface area contributed by atoms with E-state index >= 15 is 0 Å². The van der Waals surface area contributed by atoms with Gasteiger partial charge in [0.05, 0.1) is 27.9 Å². The minimum Gasteiger partial charge on any atom is -0.407 e. The van der Waals surface area contributed by atoms with Crippen molar-refractivity contribution >= 4 is 40.0 Å². The van der Waals surface area contributed by atoms with Crippen molar-refractivity contribution in [1.29, 1.82) is 0 Å². The summed E-state index contributed by atoms with van der Waals surface area (Å²) in [6.07, 6.45) is 1.22. The number of rotatable bonds is 5. The predicted octanol–water partition coefficient (Wildman–Crippen LogP) is 2.27. The molecule has 1 saturated heterocycles. The Morgan fingerprint density at radius 1 is 1.21 bits per heavy atom. The molecule has 0 bridgehead atoms. The number of hydrogen-bond donors (Lipinski definition) is 1. The standard InChI is InChI=1S/C19H16N4O6/c24-17(20-13-4-1-2-5-14(13)21-9-3-6-18(21)25)11-22-15-8-7-12(23(27)28)10-16(15)29-19(22)26/h1-2,4-5,7-8,10H,3,6,9,11H2,(H,20,24).